The Hall–Kier alpha value is -3.43. The monoisotopic (exact) mass is 422 g/mol. The van der Waals surface area contributed by atoms with Gasteiger partial charge < -0.3 is 14.5 Å². The summed E-state index contributed by atoms with van der Waals surface area (Å²) >= 11 is 0. The van der Waals surface area contributed by atoms with Crippen molar-refractivity contribution in [2.24, 2.45) is 0 Å². The van der Waals surface area contributed by atoms with Gasteiger partial charge in [0, 0.05) is 19.2 Å². The highest BCUT2D eigenvalue weighted by Crippen LogP contribution is 2.34. The summed E-state index contributed by atoms with van der Waals surface area (Å²) in [6, 6.07) is 7.45. The van der Waals surface area contributed by atoms with Crippen molar-refractivity contribution in [3.63, 3.8) is 0 Å². The number of nitrogens with zero attached hydrogens (tertiary/aromatic N) is 2. The summed E-state index contributed by atoms with van der Waals surface area (Å²) in [5.74, 6) is -1.43. The molecule has 2 aromatic carbocycles. The van der Waals surface area contributed by atoms with Crippen molar-refractivity contribution in [1.29, 1.82) is 10.8 Å². The van der Waals surface area contributed by atoms with E-state index in [1.165, 1.54) is 0 Å². The van der Waals surface area contributed by atoms with Crippen molar-refractivity contribution in [2.75, 3.05) is 13.1 Å². The predicted octanol–water partition coefficient (Wildman–Crippen LogP) is 4.04. The number of amides is 1. The molecular weight excluding hydrogens is 404 g/mol. The largest absolute Gasteiger partial charge is 0.457 e. The van der Waals surface area contributed by atoms with Gasteiger partial charge in [0.2, 0.25) is 5.91 Å². The molecule has 0 bridgehead atoms. The lowest BCUT2D eigenvalue weighted by molar-refractivity contribution is -0.140. The van der Waals surface area contributed by atoms with Crippen molar-refractivity contribution >= 4 is 18.6 Å². The van der Waals surface area contributed by atoms with Gasteiger partial charge in [-0.2, -0.15) is 13.2 Å². The molecule has 0 atom stereocenters. The van der Waals surface area contributed by atoms with Crippen LogP contribution >= 0.6 is 0 Å². The molecule has 2 N–H and O–H groups in total. The third-order valence-electron chi connectivity index (χ3n) is 4.67. The Balaban J connectivity index is 1.74. The van der Waals surface area contributed by atoms with Gasteiger partial charge in [-0.15, -0.1) is 0 Å². The molecule has 10 heteroatoms. The smallest absolute Gasteiger partial charge is 0.419 e. The van der Waals surface area contributed by atoms with E-state index in [-0.39, 0.29) is 24.7 Å². The van der Waals surface area contributed by atoms with Crippen molar-refractivity contribution in [3.05, 3.63) is 58.9 Å². The summed E-state index contributed by atoms with van der Waals surface area (Å²) in [5, 5.41) is 14.3. The average molecular weight is 422 g/mol. The maximum atomic E-state index is 13.7. The Kier molecular flexibility index (Phi) is 6.04. The number of rotatable bonds is 6. The second-order valence-corrected chi connectivity index (χ2v) is 6.67. The number of alkyl halides is 3. The molecule has 0 saturated heterocycles. The summed E-state index contributed by atoms with van der Waals surface area (Å²) in [6.07, 6.45) is -2.41. The molecule has 0 unspecified atom stereocenters. The second kappa shape index (κ2) is 8.52. The predicted molar refractivity (Wildman–Crippen MR) is 101 cm³/mol. The van der Waals surface area contributed by atoms with Crippen LogP contribution in [0.15, 0.2) is 36.4 Å². The van der Waals surface area contributed by atoms with Gasteiger partial charge in [-0.05, 0) is 41.8 Å². The van der Waals surface area contributed by atoms with Crippen molar-refractivity contribution in [3.8, 4) is 11.5 Å². The normalized spacial score (nSPS) is 13.4. The average Bonchev–Trinajstić information content (AvgIpc) is 2.70. The van der Waals surface area contributed by atoms with E-state index >= 15 is 0 Å². The molecule has 0 aliphatic carbocycles. The van der Waals surface area contributed by atoms with Crippen LogP contribution in [0.25, 0.3) is 0 Å². The lowest BCUT2D eigenvalue weighted by Gasteiger charge is -2.30. The number of ether oxygens (including phenoxy) is 1. The molecule has 0 radical (unpaired) electrons. The molecule has 1 aliphatic rings. The summed E-state index contributed by atoms with van der Waals surface area (Å²) in [4.78, 5) is 15.1. The number of benzene rings is 2. The topological polar surface area (TPSA) is 80.5 Å². The van der Waals surface area contributed by atoms with E-state index in [9.17, 15) is 22.4 Å². The molecule has 0 aromatic heterocycles. The van der Waals surface area contributed by atoms with Crippen LogP contribution in [0.4, 0.5) is 17.6 Å². The number of fused-ring (bicyclic) bond motifs is 1. The molecule has 30 heavy (non-hydrogen) atoms. The van der Waals surface area contributed by atoms with Gasteiger partial charge in [0.1, 0.15) is 23.9 Å². The summed E-state index contributed by atoms with van der Waals surface area (Å²) in [7, 11) is 0. The zero-order valence-corrected chi connectivity index (χ0v) is 15.7. The molecule has 2 aromatic rings. The SMILES string of the molecule is N=CN(C=N)CC(=O)N1CCc2ccc(Oc3ccc(C(F)(F)F)c(F)c3)cc2C1. The van der Waals surface area contributed by atoms with Crippen molar-refractivity contribution in [2.45, 2.75) is 19.1 Å². The van der Waals surface area contributed by atoms with Crippen LogP contribution in [-0.4, -0.2) is 41.5 Å². The number of carbonyl (C=O) groups excluding carboxylic acids is 1. The Bertz CT molecular complexity index is 970. The van der Waals surface area contributed by atoms with Crippen LogP contribution in [0.5, 0.6) is 11.5 Å². The lowest BCUT2D eigenvalue weighted by Crippen LogP contribution is -2.41. The quantitative estimate of drug-likeness (QED) is 0.419. The van der Waals surface area contributed by atoms with Crippen LogP contribution < -0.4 is 4.74 Å². The minimum Gasteiger partial charge on any atom is -0.457 e. The first-order valence-corrected chi connectivity index (χ1v) is 8.92. The molecule has 1 amide bonds. The number of hydrogen-bond donors (Lipinski definition) is 2. The fraction of sp³-hybridized carbons (Fsp3) is 0.250. The molecule has 158 valence electrons. The zero-order chi connectivity index (χ0) is 21.9. The Labute approximate surface area is 169 Å². The zero-order valence-electron chi connectivity index (χ0n) is 15.7. The molecule has 0 fully saturated rings. The highest BCUT2D eigenvalue weighted by Gasteiger charge is 2.34. The van der Waals surface area contributed by atoms with Gasteiger partial charge in [0.25, 0.3) is 0 Å². The lowest BCUT2D eigenvalue weighted by atomic mass is 9.99. The van der Waals surface area contributed by atoms with Gasteiger partial charge in [0.15, 0.2) is 0 Å². The van der Waals surface area contributed by atoms with Crippen molar-refractivity contribution in [1.82, 2.24) is 9.80 Å². The van der Waals surface area contributed by atoms with Gasteiger partial charge in [-0.25, -0.2) is 4.39 Å². The Morgan fingerprint density at radius 1 is 1.10 bits per heavy atom. The minimum absolute atomic E-state index is 0.0724. The molecule has 1 heterocycles. The molecule has 6 nitrogen and oxygen atoms in total. The first-order chi connectivity index (χ1) is 14.2. The highest BCUT2D eigenvalue weighted by molar-refractivity contribution is 5.85. The van der Waals surface area contributed by atoms with Crippen LogP contribution in [0.3, 0.4) is 0 Å². The number of halogens is 4. The first kappa shape index (κ1) is 21.3. The van der Waals surface area contributed by atoms with Gasteiger partial charge in [-0.1, -0.05) is 6.07 Å². The second-order valence-electron chi connectivity index (χ2n) is 6.67. The Morgan fingerprint density at radius 3 is 2.40 bits per heavy atom. The fourth-order valence-corrected chi connectivity index (χ4v) is 3.12. The molecule has 1 aliphatic heterocycles. The van der Waals surface area contributed by atoms with E-state index in [4.69, 9.17) is 15.6 Å². The molecular formula is C20H18F4N4O2. The fourth-order valence-electron chi connectivity index (χ4n) is 3.12. The highest BCUT2D eigenvalue weighted by atomic mass is 19.4. The van der Waals surface area contributed by atoms with Crippen LogP contribution in [-0.2, 0) is 23.9 Å². The maximum absolute atomic E-state index is 13.7. The molecule has 0 saturated carbocycles. The summed E-state index contributed by atoms with van der Waals surface area (Å²) in [5.41, 5.74) is 0.440. The molecule has 0 spiro atoms. The van der Waals surface area contributed by atoms with Gasteiger partial charge in [0.05, 0.1) is 18.2 Å². The maximum Gasteiger partial charge on any atom is 0.419 e. The van der Waals surface area contributed by atoms with Crippen LogP contribution in [0.2, 0.25) is 0 Å². The van der Waals surface area contributed by atoms with E-state index in [1.807, 2.05) is 0 Å². The van der Waals surface area contributed by atoms with Crippen molar-refractivity contribution < 1.29 is 27.1 Å². The van der Waals surface area contributed by atoms with E-state index in [2.05, 4.69) is 0 Å². The number of hydrogen-bond acceptors (Lipinski definition) is 4. The van der Waals surface area contributed by atoms with E-state index < -0.39 is 17.6 Å². The third kappa shape index (κ3) is 4.76. The van der Waals surface area contributed by atoms with Gasteiger partial charge in [-0.3, -0.25) is 15.6 Å². The summed E-state index contributed by atoms with van der Waals surface area (Å²) in [6.45, 7) is 0.653. The standard InChI is InChI=1S/C20H18F4N4O2/c21-18-8-16(3-4-17(18)20(22,23)24)30-15-2-1-13-5-6-28(9-14(13)7-15)19(29)10-27(11-25)12-26/h1-4,7-8,11-12,25-26H,5-6,9-10H2. The van der Waals surface area contributed by atoms with E-state index in [0.717, 1.165) is 34.8 Å². The summed E-state index contributed by atoms with van der Waals surface area (Å²) < 4.78 is 57.3. The first-order valence-electron chi connectivity index (χ1n) is 8.92. The third-order valence-corrected chi connectivity index (χ3v) is 4.67. The minimum atomic E-state index is -4.78. The number of carbonyl (C=O) groups is 1. The van der Waals surface area contributed by atoms with Gasteiger partial charge >= 0.3 is 6.18 Å². The van der Waals surface area contributed by atoms with Crippen LogP contribution in [0, 0.1) is 16.6 Å². The van der Waals surface area contributed by atoms with E-state index in [0.29, 0.717) is 30.8 Å². The molecule has 3 rings (SSSR count). The van der Waals surface area contributed by atoms with Crippen LogP contribution in [0.1, 0.15) is 16.7 Å². The number of nitrogens with one attached hydrogen (secondary N) is 2. The Morgan fingerprint density at radius 2 is 1.77 bits per heavy atom. The van der Waals surface area contributed by atoms with E-state index in [1.54, 1.807) is 23.1 Å².